The molecule has 3 rings (SSSR count). The third kappa shape index (κ3) is 3.22. The van der Waals surface area contributed by atoms with Crippen molar-refractivity contribution in [3.8, 4) is 0 Å². The molecule has 0 radical (unpaired) electrons. The van der Waals surface area contributed by atoms with Gasteiger partial charge in [0.15, 0.2) is 0 Å². The van der Waals surface area contributed by atoms with Crippen LogP contribution in [0.4, 0.5) is 11.4 Å². The van der Waals surface area contributed by atoms with Crippen LogP contribution in [0.3, 0.4) is 0 Å². The summed E-state index contributed by atoms with van der Waals surface area (Å²) in [6.07, 6.45) is 0. The van der Waals surface area contributed by atoms with Crippen molar-refractivity contribution < 1.29 is 4.89 Å². The van der Waals surface area contributed by atoms with Gasteiger partial charge in [0.1, 0.15) is 0 Å². The van der Waals surface area contributed by atoms with Crippen molar-refractivity contribution in [3.63, 3.8) is 0 Å². The Morgan fingerprint density at radius 3 is 1.22 bits per heavy atom. The van der Waals surface area contributed by atoms with Crippen LogP contribution in [-0.2, 0) is 11.8 Å². The van der Waals surface area contributed by atoms with Crippen LogP contribution in [0.5, 0.6) is 0 Å². The van der Waals surface area contributed by atoms with Gasteiger partial charge in [-0.05, 0) is 89.5 Å². The molecule has 0 aliphatic carbocycles. The smallest absolute Gasteiger partial charge is 0.252 e. The van der Waals surface area contributed by atoms with E-state index in [4.69, 9.17) is 11.8 Å². The van der Waals surface area contributed by atoms with E-state index < -0.39 is 6.57 Å². The predicted molar refractivity (Wildman–Crippen MR) is 122 cm³/mol. The molecule has 0 spiro atoms. The SMILES string of the molecule is Cc1cc(C)c(N2C(C)C(C)N(c3c(C)cc(C)cc3C)P2(O)=S)c(C)c1. The monoisotopic (exact) mass is 402 g/mol. The van der Waals surface area contributed by atoms with E-state index in [1.807, 2.05) is 0 Å². The van der Waals surface area contributed by atoms with Crippen LogP contribution in [0.2, 0.25) is 0 Å². The maximum absolute atomic E-state index is 11.8. The van der Waals surface area contributed by atoms with Crippen molar-refractivity contribution >= 4 is 29.7 Å². The largest absolute Gasteiger partial charge is 0.334 e. The van der Waals surface area contributed by atoms with Gasteiger partial charge in [-0.25, -0.2) is 0 Å². The lowest BCUT2D eigenvalue weighted by atomic mass is 10.0. The lowest BCUT2D eigenvalue weighted by Gasteiger charge is -2.35. The summed E-state index contributed by atoms with van der Waals surface area (Å²) in [5, 5.41) is 0. The van der Waals surface area contributed by atoms with E-state index in [0.717, 1.165) is 11.4 Å². The number of hydrogen-bond donors (Lipinski definition) is 1. The molecule has 5 heteroatoms. The minimum absolute atomic E-state index is 0.126. The minimum Gasteiger partial charge on any atom is -0.334 e. The zero-order valence-electron chi connectivity index (χ0n) is 17.7. The van der Waals surface area contributed by atoms with Crippen molar-refractivity contribution in [2.45, 2.75) is 67.5 Å². The van der Waals surface area contributed by atoms with E-state index in [1.54, 1.807) is 0 Å². The van der Waals surface area contributed by atoms with E-state index in [9.17, 15) is 4.89 Å². The fourth-order valence-corrected chi connectivity index (χ4v) is 8.80. The van der Waals surface area contributed by atoms with Crippen LogP contribution < -0.4 is 9.34 Å². The summed E-state index contributed by atoms with van der Waals surface area (Å²) >= 11 is 5.99. The van der Waals surface area contributed by atoms with Gasteiger partial charge >= 0.3 is 0 Å². The van der Waals surface area contributed by atoms with Crippen LogP contribution in [0.25, 0.3) is 0 Å². The van der Waals surface area contributed by atoms with Crippen molar-refractivity contribution in [2.24, 2.45) is 0 Å². The van der Waals surface area contributed by atoms with Crippen molar-refractivity contribution in [1.29, 1.82) is 0 Å². The fraction of sp³-hybridized carbons (Fsp3) is 0.455. The first-order chi connectivity index (χ1) is 12.5. The van der Waals surface area contributed by atoms with Crippen LogP contribution in [0.15, 0.2) is 24.3 Å². The molecule has 1 heterocycles. The molecule has 1 aliphatic heterocycles. The molecule has 2 aromatic rings. The summed E-state index contributed by atoms with van der Waals surface area (Å²) in [6, 6.07) is 8.97. The molecule has 2 unspecified atom stereocenters. The van der Waals surface area contributed by atoms with Gasteiger partial charge in [-0.3, -0.25) is 0 Å². The molecule has 1 N–H and O–H groups in total. The predicted octanol–water partition coefficient (Wildman–Crippen LogP) is 5.86. The Morgan fingerprint density at radius 1 is 0.704 bits per heavy atom. The molecule has 1 fully saturated rings. The van der Waals surface area contributed by atoms with Gasteiger partial charge in [-0.15, -0.1) is 0 Å². The third-order valence-electron chi connectivity index (χ3n) is 5.76. The molecule has 0 amide bonds. The maximum atomic E-state index is 11.8. The van der Waals surface area contributed by atoms with Gasteiger partial charge in [0, 0.05) is 0 Å². The molecule has 146 valence electrons. The van der Waals surface area contributed by atoms with Crippen LogP contribution >= 0.6 is 6.57 Å². The Hall–Kier alpha value is -1.35. The van der Waals surface area contributed by atoms with E-state index in [0.29, 0.717) is 0 Å². The number of aryl methyl sites for hydroxylation is 6. The Kier molecular flexibility index (Phi) is 5.22. The van der Waals surface area contributed by atoms with Crippen LogP contribution in [0.1, 0.15) is 47.2 Å². The number of rotatable bonds is 2. The summed E-state index contributed by atoms with van der Waals surface area (Å²) in [5.74, 6) is 0. The van der Waals surface area contributed by atoms with Crippen molar-refractivity contribution in [3.05, 3.63) is 57.6 Å². The molecule has 1 saturated heterocycles. The van der Waals surface area contributed by atoms with Gasteiger partial charge in [-0.2, -0.15) is 0 Å². The standard InChI is InChI=1S/C22H31N2OPS/c1-13-9-15(3)21(16(4)10-13)23-19(7)20(8)24(26(23,25)27)22-17(5)11-14(2)12-18(22)6/h9-12,19-20H,1-8H3,(H,25,27). The number of nitrogens with zero attached hydrogens (tertiary/aromatic N) is 2. The molecular formula is C22H31N2OPS. The summed E-state index contributed by atoms with van der Waals surface area (Å²) in [7, 11) is 0. The fourth-order valence-electron chi connectivity index (χ4n) is 4.72. The molecule has 27 heavy (non-hydrogen) atoms. The first-order valence-electron chi connectivity index (χ1n) is 9.54. The van der Waals surface area contributed by atoms with Crippen LogP contribution in [-0.4, -0.2) is 17.0 Å². The molecule has 0 saturated carbocycles. The molecule has 2 aromatic carbocycles. The molecule has 3 nitrogen and oxygen atoms in total. The van der Waals surface area contributed by atoms with Gasteiger partial charge in [0.25, 0.3) is 6.57 Å². The van der Waals surface area contributed by atoms with Gasteiger partial charge in [-0.1, -0.05) is 35.4 Å². The van der Waals surface area contributed by atoms with Gasteiger partial charge in [0.05, 0.1) is 23.5 Å². The highest BCUT2D eigenvalue weighted by atomic mass is 32.5. The Bertz CT molecular complexity index is 836. The molecule has 2 atom stereocenters. The topological polar surface area (TPSA) is 26.7 Å². The van der Waals surface area contributed by atoms with E-state index >= 15 is 0 Å². The van der Waals surface area contributed by atoms with Crippen molar-refractivity contribution in [2.75, 3.05) is 9.34 Å². The Balaban J connectivity index is 2.22. The Labute approximate surface area is 169 Å². The normalized spacial score (nSPS) is 25.4. The lowest BCUT2D eigenvalue weighted by Crippen LogP contribution is -2.33. The first-order valence-corrected chi connectivity index (χ1v) is 12.2. The number of anilines is 2. The number of benzene rings is 2. The van der Waals surface area contributed by atoms with E-state index in [1.165, 1.54) is 33.4 Å². The minimum atomic E-state index is -2.96. The van der Waals surface area contributed by atoms with E-state index in [2.05, 4.69) is 89.0 Å². The maximum Gasteiger partial charge on any atom is 0.252 e. The average molecular weight is 403 g/mol. The average Bonchev–Trinajstić information content (AvgIpc) is 2.67. The second-order valence-corrected chi connectivity index (χ2v) is 11.5. The zero-order chi connectivity index (χ0) is 20.3. The zero-order valence-corrected chi connectivity index (χ0v) is 19.4. The Morgan fingerprint density at radius 2 is 0.963 bits per heavy atom. The second-order valence-electron chi connectivity index (χ2n) is 8.18. The highest BCUT2D eigenvalue weighted by Gasteiger charge is 2.49. The summed E-state index contributed by atoms with van der Waals surface area (Å²) < 4.78 is 4.27. The second kappa shape index (κ2) is 6.92. The quantitative estimate of drug-likeness (QED) is 0.637. The van der Waals surface area contributed by atoms with Gasteiger partial charge in [0.2, 0.25) is 0 Å². The summed E-state index contributed by atoms with van der Waals surface area (Å²) in [6.45, 7) is 14.1. The molecule has 0 bridgehead atoms. The third-order valence-corrected chi connectivity index (χ3v) is 9.07. The molecule has 1 aliphatic rings. The highest BCUT2D eigenvalue weighted by molar-refractivity contribution is 8.13. The first kappa shape index (κ1) is 20.4. The highest BCUT2D eigenvalue weighted by Crippen LogP contribution is 2.63. The summed E-state index contributed by atoms with van der Waals surface area (Å²) in [5.41, 5.74) is 9.36. The van der Waals surface area contributed by atoms with Crippen molar-refractivity contribution in [1.82, 2.24) is 0 Å². The van der Waals surface area contributed by atoms with Gasteiger partial charge < -0.3 is 14.2 Å². The molecule has 0 aromatic heterocycles. The molecular weight excluding hydrogens is 371 g/mol. The van der Waals surface area contributed by atoms with E-state index in [-0.39, 0.29) is 12.1 Å². The van der Waals surface area contributed by atoms with Crippen LogP contribution in [0, 0.1) is 41.5 Å². The summed E-state index contributed by atoms with van der Waals surface area (Å²) in [4.78, 5) is 11.8. The lowest BCUT2D eigenvalue weighted by molar-refractivity contribution is 0.618. The number of hydrogen-bond acceptors (Lipinski definition) is 1.